The maximum atomic E-state index is 12.9. The first-order valence-corrected chi connectivity index (χ1v) is 9.39. The monoisotopic (exact) mass is 514 g/mol. The van der Waals surface area contributed by atoms with Crippen LogP contribution in [-0.4, -0.2) is 57.3 Å². The van der Waals surface area contributed by atoms with E-state index in [0.717, 1.165) is 50.2 Å². The second-order valence-corrected chi connectivity index (χ2v) is 6.52. The van der Waals surface area contributed by atoms with E-state index in [2.05, 4.69) is 27.4 Å². The fourth-order valence-electron chi connectivity index (χ4n) is 3.04. The minimum atomic E-state index is -4.32. The molecule has 9 heteroatoms. The number of nitrogens with zero attached hydrogens (tertiary/aromatic N) is 2. The second kappa shape index (κ2) is 12.5. The molecule has 0 aromatic heterocycles. The van der Waals surface area contributed by atoms with Gasteiger partial charge in [0.2, 0.25) is 0 Å². The lowest BCUT2D eigenvalue weighted by Crippen LogP contribution is -2.46. The summed E-state index contributed by atoms with van der Waals surface area (Å²) in [7, 11) is 1.71. The average molecular weight is 514 g/mol. The Hall–Kier alpha value is -1.07. The van der Waals surface area contributed by atoms with Crippen molar-refractivity contribution >= 4 is 29.9 Å². The highest BCUT2D eigenvalue weighted by Gasteiger charge is 2.31. The predicted octanol–water partition coefficient (Wildman–Crippen LogP) is 3.66. The number of alkyl halides is 3. The Morgan fingerprint density at radius 2 is 1.82 bits per heavy atom. The Morgan fingerprint density at radius 3 is 2.36 bits per heavy atom. The lowest BCUT2D eigenvalue weighted by atomic mass is 10.0. The predicted molar refractivity (Wildman–Crippen MR) is 116 cm³/mol. The first-order chi connectivity index (χ1) is 13.0. The molecular formula is C19H30F3IN4O. The summed E-state index contributed by atoms with van der Waals surface area (Å²) < 4.78 is 44.0. The fourth-order valence-corrected chi connectivity index (χ4v) is 3.04. The average Bonchev–Trinajstić information content (AvgIpc) is 2.67. The fraction of sp³-hybridized carbons (Fsp3) is 0.632. The molecular weight excluding hydrogens is 484 g/mol. The van der Waals surface area contributed by atoms with E-state index in [4.69, 9.17) is 4.74 Å². The van der Waals surface area contributed by atoms with Gasteiger partial charge in [-0.1, -0.05) is 25.5 Å². The third-order valence-electron chi connectivity index (χ3n) is 4.62. The number of guanidine groups is 1. The van der Waals surface area contributed by atoms with E-state index in [1.807, 2.05) is 0 Å². The molecule has 5 nitrogen and oxygen atoms in total. The Kier molecular flexibility index (Phi) is 11.1. The van der Waals surface area contributed by atoms with Gasteiger partial charge in [0.15, 0.2) is 5.96 Å². The summed E-state index contributed by atoms with van der Waals surface area (Å²) in [6.07, 6.45) is -2.19. The smallest absolute Gasteiger partial charge is 0.379 e. The number of aliphatic imine (C=N–C) groups is 1. The Balaban J connectivity index is 0.00000392. The molecule has 2 N–H and O–H groups in total. The largest absolute Gasteiger partial charge is 0.416 e. The van der Waals surface area contributed by atoms with Crippen LogP contribution in [0.4, 0.5) is 13.2 Å². The molecule has 1 heterocycles. The molecule has 1 unspecified atom stereocenters. The van der Waals surface area contributed by atoms with E-state index in [0.29, 0.717) is 25.7 Å². The van der Waals surface area contributed by atoms with Crippen LogP contribution >= 0.6 is 24.0 Å². The van der Waals surface area contributed by atoms with Crippen molar-refractivity contribution in [3.8, 4) is 0 Å². The minimum Gasteiger partial charge on any atom is -0.379 e. The molecule has 0 radical (unpaired) electrons. The van der Waals surface area contributed by atoms with Crippen LogP contribution in [0.3, 0.4) is 0 Å². The molecule has 1 aromatic carbocycles. The van der Waals surface area contributed by atoms with Gasteiger partial charge in [-0.3, -0.25) is 9.89 Å². The van der Waals surface area contributed by atoms with Crippen LogP contribution in [0.25, 0.3) is 0 Å². The van der Waals surface area contributed by atoms with E-state index in [1.54, 1.807) is 19.2 Å². The lowest BCUT2D eigenvalue weighted by Gasteiger charge is -2.35. The van der Waals surface area contributed by atoms with Gasteiger partial charge in [0, 0.05) is 33.2 Å². The van der Waals surface area contributed by atoms with Crippen molar-refractivity contribution in [1.29, 1.82) is 0 Å². The highest BCUT2D eigenvalue weighted by Crippen LogP contribution is 2.31. The Labute approximate surface area is 182 Å². The van der Waals surface area contributed by atoms with Crippen molar-refractivity contribution in [3.05, 3.63) is 35.4 Å². The number of ether oxygens (including phenoxy) is 1. The van der Waals surface area contributed by atoms with Crippen molar-refractivity contribution in [1.82, 2.24) is 15.5 Å². The van der Waals surface area contributed by atoms with E-state index >= 15 is 0 Å². The van der Waals surface area contributed by atoms with E-state index in [1.165, 1.54) is 0 Å². The zero-order valence-electron chi connectivity index (χ0n) is 16.4. The molecule has 1 aromatic rings. The topological polar surface area (TPSA) is 48.9 Å². The lowest BCUT2D eigenvalue weighted by molar-refractivity contribution is -0.137. The highest BCUT2D eigenvalue weighted by molar-refractivity contribution is 14.0. The molecule has 1 saturated heterocycles. The van der Waals surface area contributed by atoms with E-state index in [-0.39, 0.29) is 30.0 Å². The van der Waals surface area contributed by atoms with Crippen LogP contribution in [-0.2, 0) is 10.9 Å². The first-order valence-electron chi connectivity index (χ1n) is 9.39. The van der Waals surface area contributed by atoms with Crippen LogP contribution in [0.15, 0.2) is 29.3 Å². The standard InChI is InChI=1S/C19H29F3N4O.HI/c1-3-4-9-24-18(23-2)25-14-17(26-10-12-27-13-11-26)15-5-7-16(8-6-15)19(20,21)22;/h5-8,17H,3-4,9-14H2,1-2H3,(H2,23,24,25);1H. The summed E-state index contributed by atoms with van der Waals surface area (Å²) in [6.45, 7) is 6.25. The van der Waals surface area contributed by atoms with Crippen molar-refractivity contribution in [2.45, 2.75) is 32.0 Å². The van der Waals surface area contributed by atoms with Crippen molar-refractivity contribution in [2.75, 3.05) is 46.4 Å². The zero-order valence-corrected chi connectivity index (χ0v) is 18.7. The van der Waals surface area contributed by atoms with Gasteiger partial charge in [-0.25, -0.2) is 0 Å². The van der Waals surface area contributed by atoms with Gasteiger partial charge in [0.05, 0.1) is 24.8 Å². The SMILES string of the molecule is CCCCNC(=NC)NCC(c1ccc(C(F)(F)F)cc1)N1CCOCC1.I. The molecule has 160 valence electrons. The molecule has 0 amide bonds. The van der Waals surface area contributed by atoms with Crippen LogP contribution in [0.2, 0.25) is 0 Å². The third-order valence-corrected chi connectivity index (χ3v) is 4.62. The molecule has 0 aliphatic carbocycles. The molecule has 1 aliphatic rings. The van der Waals surface area contributed by atoms with Gasteiger partial charge in [0.25, 0.3) is 0 Å². The highest BCUT2D eigenvalue weighted by atomic mass is 127. The number of hydrogen-bond acceptors (Lipinski definition) is 3. The van der Waals surface area contributed by atoms with Gasteiger partial charge >= 0.3 is 6.18 Å². The molecule has 28 heavy (non-hydrogen) atoms. The molecule has 1 atom stereocenters. The number of benzene rings is 1. The number of halogens is 4. The second-order valence-electron chi connectivity index (χ2n) is 6.52. The third kappa shape index (κ3) is 7.75. The first kappa shape index (κ1) is 25.0. The molecule has 2 rings (SSSR count). The summed E-state index contributed by atoms with van der Waals surface area (Å²) >= 11 is 0. The quantitative estimate of drug-likeness (QED) is 0.253. The van der Waals surface area contributed by atoms with Crippen LogP contribution in [0.5, 0.6) is 0 Å². The van der Waals surface area contributed by atoms with Gasteiger partial charge in [-0.05, 0) is 24.1 Å². The maximum Gasteiger partial charge on any atom is 0.416 e. The molecule has 0 saturated carbocycles. The van der Waals surface area contributed by atoms with Crippen LogP contribution in [0, 0.1) is 0 Å². The van der Waals surface area contributed by atoms with Crippen molar-refractivity contribution < 1.29 is 17.9 Å². The number of rotatable bonds is 7. The van der Waals surface area contributed by atoms with Crippen molar-refractivity contribution in [2.24, 2.45) is 4.99 Å². The number of morpholine rings is 1. The summed E-state index contributed by atoms with van der Waals surface area (Å²) in [6, 6.07) is 5.38. The molecule has 1 aliphatic heterocycles. The Bertz CT molecular complexity index is 590. The molecule has 0 bridgehead atoms. The summed E-state index contributed by atoms with van der Waals surface area (Å²) in [5.74, 6) is 0.702. The summed E-state index contributed by atoms with van der Waals surface area (Å²) in [4.78, 5) is 6.45. The summed E-state index contributed by atoms with van der Waals surface area (Å²) in [5.41, 5.74) is 0.221. The van der Waals surface area contributed by atoms with Gasteiger partial charge in [-0.2, -0.15) is 13.2 Å². The maximum absolute atomic E-state index is 12.9. The summed E-state index contributed by atoms with van der Waals surface area (Å²) in [5, 5.41) is 6.56. The number of unbranched alkanes of at least 4 members (excludes halogenated alkanes) is 1. The minimum absolute atomic E-state index is 0. The van der Waals surface area contributed by atoms with E-state index in [9.17, 15) is 13.2 Å². The zero-order chi connectivity index (χ0) is 19.7. The van der Waals surface area contributed by atoms with Crippen LogP contribution < -0.4 is 10.6 Å². The molecule has 1 fully saturated rings. The number of hydrogen-bond donors (Lipinski definition) is 2. The van der Waals surface area contributed by atoms with Crippen LogP contribution in [0.1, 0.15) is 36.9 Å². The number of nitrogens with one attached hydrogen (secondary N) is 2. The van der Waals surface area contributed by atoms with Gasteiger partial charge in [-0.15, -0.1) is 24.0 Å². The van der Waals surface area contributed by atoms with Gasteiger partial charge in [0.1, 0.15) is 0 Å². The van der Waals surface area contributed by atoms with E-state index < -0.39 is 11.7 Å². The normalized spacial score (nSPS) is 17.0. The molecule has 0 spiro atoms. The van der Waals surface area contributed by atoms with Gasteiger partial charge < -0.3 is 15.4 Å². The Morgan fingerprint density at radius 1 is 1.18 bits per heavy atom. The van der Waals surface area contributed by atoms with Crippen molar-refractivity contribution in [3.63, 3.8) is 0 Å².